The second-order valence-electron chi connectivity index (χ2n) is 2.73. The highest BCUT2D eigenvalue weighted by molar-refractivity contribution is 5.65. The monoisotopic (exact) mass is 197 g/mol. The molecular weight excluding hydrogens is 190 g/mol. The second kappa shape index (κ2) is 4.22. The SMILES string of the molecule is [N-]=[N+]=N[C@H]1CN(C(=O)O)C[C@H]1N=[N+]=[N-]. The van der Waals surface area contributed by atoms with Crippen molar-refractivity contribution < 1.29 is 9.90 Å². The predicted octanol–water partition coefficient (Wildman–Crippen LogP) is 1.34. The van der Waals surface area contributed by atoms with Crippen molar-refractivity contribution in [2.75, 3.05) is 13.1 Å². The lowest BCUT2D eigenvalue weighted by Gasteiger charge is -2.08. The van der Waals surface area contributed by atoms with Crippen molar-refractivity contribution in [2.45, 2.75) is 12.1 Å². The fourth-order valence-electron chi connectivity index (χ4n) is 1.29. The number of nitrogens with zero attached hydrogens (tertiary/aromatic N) is 7. The normalized spacial score (nSPS) is 25.0. The molecule has 0 bridgehead atoms. The summed E-state index contributed by atoms with van der Waals surface area (Å²) in [6.07, 6.45) is -1.11. The first-order chi connectivity index (χ1) is 6.69. The van der Waals surface area contributed by atoms with E-state index in [0.29, 0.717) is 0 Å². The fourth-order valence-corrected chi connectivity index (χ4v) is 1.29. The number of azide groups is 2. The van der Waals surface area contributed by atoms with Gasteiger partial charge in [-0.2, -0.15) is 0 Å². The van der Waals surface area contributed by atoms with Crippen LogP contribution in [0.5, 0.6) is 0 Å². The Morgan fingerprint density at radius 1 is 1.29 bits per heavy atom. The molecule has 0 radical (unpaired) electrons. The molecule has 1 amide bonds. The lowest BCUT2D eigenvalue weighted by molar-refractivity contribution is 0.155. The molecule has 0 aromatic carbocycles. The quantitative estimate of drug-likeness (QED) is 0.405. The maximum Gasteiger partial charge on any atom is 0.407 e. The minimum Gasteiger partial charge on any atom is -0.465 e. The van der Waals surface area contributed by atoms with E-state index in [4.69, 9.17) is 16.2 Å². The summed E-state index contributed by atoms with van der Waals surface area (Å²) in [5, 5.41) is 15.4. The number of rotatable bonds is 2. The summed E-state index contributed by atoms with van der Waals surface area (Å²) in [7, 11) is 0. The Bertz CT molecular complexity index is 303. The van der Waals surface area contributed by atoms with Crippen molar-refractivity contribution in [3.8, 4) is 0 Å². The molecule has 0 aromatic rings. The maximum absolute atomic E-state index is 10.6. The van der Waals surface area contributed by atoms with Gasteiger partial charge in [-0.05, 0) is 11.1 Å². The van der Waals surface area contributed by atoms with Gasteiger partial charge in [0.15, 0.2) is 0 Å². The van der Waals surface area contributed by atoms with Crippen molar-refractivity contribution >= 4 is 6.09 Å². The van der Waals surface area contributed by atoms with Gasteiger partial charge in [-0.25, -0.2) is 4.79 Å². The summed E-state index contributed by atoms with van der Waals surface area (Å²) in [6.45, 7) is 0.145. The van der Waals surface area contributed by atoms with E-state index in [9.17, 15) is 4.79 Å². The van der Waals surface area contributed by atoms with Crippen LogP contribution in [0.4, 0.5) is 4.79 Å². The molecule has 0 aliphatic carbocycles. The van der Waals surface area contributed by atoms with Gasteiger partial charge >= 0.3 is 6.09 Å². The van der Waals surface area contributed by atoms with Gasteiger partial charge in [-0.1, -0.05) is 10.2 Å². The first-order valence-electron chi connectivity index (χ1n) is 3.75. The molecule has 0 unspecified atom stereocenters. The van der Waals surface area contributed by atoms with E-state index in [1.54, 1.807) is 0 Å². The number of carboxylic acid groups (broad SMARTS) is 1. The Labute approximate surface area is 78.2 Å². The summed E-state index contributed by atoms with van der Waals surface area (Å²) in [5.41, 5.74) is 16.4. The van der Waals surface area contributed by atoms with Gasteiger partial charge in [-0.3, -0.25) is 0 Å². The predicted molar refractivity (Wildman–Crippen MR) is 45.5 cm³/mol. The third kappa shape index (κ3) is 1.98. The van der Waals surface area contributed by atoms with Gasteiger partial charge in [0.1, 0.15) is 0 Å². The van der Waals surface area contributed by atoms with Gasteiger partial charge in [0.2, 0.25) is 0 Å². The maximum atomic E-state index is 10.6. The second-order valence-corrected chi connectivity index (χ2v) is 2.73. The van der Waals surface area contributed by atoms with E-state index >= 15 is 0 Å². The standard InChI is InChI=1S/C5H7N7O2/c6-10-8-3-1-12(5(13)14)2-4(3)9-11-7/h3-4H,1-2H2,(H,13,14)/t3-,4+. The molecule has 1 heterocycles. The first kappa shape index (κ1) is 9.97. The van der Waals surface area contributed by atoms with Gasteiger partial charge < -0.3 is 10.0 Å². The zero-order valence-electron chi connectivity index (χ0n) is 7.05. The highest BCUT2D eigenvalue weighted by atomic mass is 16.4. The summed E-state index contributed by atoms with van der Waals surface area (Å²) in [5.74, 6) is 0. The van der Waals surface area contributed by atoms with Crippen molar-refractivity contribution in [1.82, 2.24) is 4.90 Å². The Morgan fingerprint density at radius 3 is 2.00 bits per heavy atom. The Morgan fingerprint density at radius 2 is 1.71 bits per heavy atom. The van der Waals surface area contributed by atoms with Crippen LogP contribution in [0.25, 0.3) is 20.9 Å². The van der Waals surface area contributed by atoms with E-state index in [1.807, 2.05) is 0 Å². The van der Waals surface area contributed by atoms with Crippen LogP contribution in [0.2, 0.25) is 0 Å². The summed E-state index contributed by atoms with van der Waals surface area (Å²) < 4.78 is 0. The lowest BCUT2D eigenvalue weighted by Crippen LogP contribution is -2.27. The van der Waals surface area contributed by atoms with Gasteiger partial charge in [0.25, 0.3) is 0 Å². The fraction of sp³-hybridized carbons (Fsp3) is 0.800. The topological polar surface area (TPSA) is 138 Å². The number of hydrogen-bond acceptors (Lipinski definition) is 3. The van der Waals surface area contributed by atoms with E-state index in [1.165, 1.54) is 0 Å². The molecule has 14 heavy (non-hydrogen) atoms. The van der Waals surface area contributed by atoms with Crippen LogP contribution in [-0.4, -0.2) is 41.3 Å². The Balaban J connectivity index is 2.79. The minimum absolute atomic E-state index is 0.0725. The molecule has 1 aliphatic heterocycles. The third-order valence-electron chi connectivity index (χ3n) is 1.93. The number of carbonyl (C=O) groups is 1. The largest absolute Gasteiger partial charge is 0.465 e. The van der Waals surface area contributed by atoms with Crippen LogP contribution in [-0.2, 0) is 0 Å². The zero-order valence-corrected chi connectivity index (χ0v) is 7.05. The van der Waals surface area contributed by atoms with Gasteiger partial charge in [0, 0.05) is 22.9 Å². The van der Waals surface area contributed by atoms with E-state index < -0.39 is 18.2 Å². The molecule has 0 spiro atoms. The van der Waals surface area contributed by atoms with Crippen molar-refractivity contribution in [1.29, 1.82) is 0 Å². The molecule has 1 fully saturated rings. The van der Waals surface area contributed by atoms with Crippen molar-refractivity contribution in [3.05, 3.63) is 20.9 Å². The lowest BCUT2D eigenvalue weighted by atomic mass is 10.2. The smallest absolute Gasteiger partial charge is 0.407 e. The molecular formula is C5H7N7O2. The highest BCUT2D eigenvalue weighted by Gasteiger charge is 2.33. The van der Waals surface area contributed by atoms with Crippen LogP contribution in [0.1, 0.15) is 0 Å². The van der Waals surface area contributed by atoms with Crippen LogP contribution < -0.4 is 0 Å². The Kier molecular flexibility index (Phi) is 3.01. The van der Waals surface area contributed by atoms with E-state index in [2.05, 4.69) is 20.1 Å². The Hall–Kier alpha value is -2.11. The number of hydrogen-bond donors (Lipinski definition) is 1. The molecule has 0 aromatic heterocycles. The van der Waals surface area contributed by atoms with E-state index in [-0.39, 0.29) is 13.1 Å². The average molecular weight is 197 g/mol. The molecule has 1 N–H and O–H groups in total. The van der Waals surface area contributed by atoms with E-state index in [0.717, 1.165) is 4.90 Å². The number of likely N-dealkylation sites (tertiary alicyclic amines) is 1. The number of amides is 1. The summed E-state index contributed by atoms with van der Waals surface area (Å²) in [6, 6.07) is -1.21. The van der Waals surface area contributed by atoms with Crippen LogP contribution in [0, 0.1) is 0 Å². The molecule has 74 valence electrons. The van der Waals surface area contributed by atoms with Crippen molar-refractivity contribution in [3.63, 3.8) is 0 Å². The van der Waals surface area contributed by atoms with Crippen molar-refractivity contribution in [2.24, 2.45) is 10.2 Å². The zero-order chi connectivity index (χ0) is 10.6. The minimum atomic E-state index is -1.11. The highest BCUT2D eigenvalue weighted by Crippen LogP contribution is 2.17. The molecule has 2 atom stereocenters. The average Bonchev–Trinajstić information content (AvgIpc) is 2.50. The van der Waals surface area contributed by atoms with Crippen LogP contribution in [0.3, 0.4) is 0 Å². The summed E-state index contributed by atoms with van der Waals surface area (Å²) >= 11 is 0. The molecule has 9 nitrogen and oxygen atoms in total. The first-order valence-corrected chi connectivity index (χ1v) is 3.75. The van der Waals surface area contributed by atoms with Crippen LogP contribution in [0.15, 0.2) is 10.2 Å². The molecule has 0 saturated carbocycles. The molecule has 1 saturated heterocycles. The third-order valence-corrected chi connectivity index (χ3v) is 1.93. The molecule has 9 heteroatoms. The van der Waals surface area contributed by atoms with Gasteiger partial charge in [0.05, 0.1) is 12.1 Å². The molecule has 1 rings (SSSR count). The van der Waals surface area contributed by atoms with Gasteiger partial charge in [-0.15, -0.1) is 0 Å². The molecule has 1 aliphatic rings. The van der Waals surface area contributed by atoms with Crippen LogP contribution >= 0.6 is 0 Å². The summed E-state index contributed by atoms with van der Waals surface area (Å²) in [4.78, 5) is 16.7.